The number of alkyl halides is 3. The second-order valence-corrected chi connectivity index (χ2v) is 10.7. The molecule has 2 N–H and O–H groups in total. The number of aromatic nitrogens is 1. The van der Waals surface area contributed by atoms with E-state index in [1.165, 1.54) is 0 Å². The lowest BCUT2D eigenvalue weighted by Crippen LogP contribution is -2.43. The minimum atomic E-state index is -4.41. The Labute approximate surface area is 221 Å². The molecule has 37 heavy (non-hydrogen) atoms. The molecular weight excluding hydrogens is 523 g/mol. The monoisotopic (exact) mass is 549 g/mol. The van der Waals surface area contributed by atoms with E-state index in [9.17, 15) is 18.0 Å². The van der Waals surface area contributed by atoms with Crippen molar-refractivity contribution in [3.05, 3.63) is 64.7 Å². The van der Waals surface area contributed by atoms with Gasteiger partial charge in [-0.05, 0) is 60.3 Å². The van der Waals surface area contributed by atoms with Crippen LogP contribution in [0, 0.1) is 0 Å². The summed E-state index contributed by atoms with van der Waals surface area (Å²) in [6.07, 6.45) is -3.64. The third-order valence-corrected chi connectivity index (χ3v) is 8.17. The summed E-state index contributed by atoms with van der Waals surface area (Å²) in [7, 11) is 0. The van der Waals surface area contributed by atoms with Crippen LogP contribution in [0.2, 0.25) is 0 Å². The Morgan fingerprint density at radius 1 is 1.11 bits per heavy atom. The van der Waals surface area contributed by atoms with Crippen LogP contribution in [0.25, 0.3) is 0 Å². The van der Waals surface area contributed by atoms with Crippen LogP contribution in [0.4, 0.5) is 24.0 Å². The molecule has 1 aromatic heterocycles. The van der Waals surface area contributed by atoms with Gasteiger partial charge in [-0.1, -0.05) is 6.07 Å². The molecule has 3 heterocycles. The van der Waals surface area contributed by atoms with Gasteiger partial charge in [0.15, 0.2) is 10.8 Å². The van der Waals surface area contributed by atoms with Crippen molar-refractivity contribution in [1.29, 1.82) is 0 Å². The number of fused-ring (bicyclic) bond motifs is 1. The molecule has 7 nitrogen and oxygen atoms in total. The van der Waals surface area contributed by atoms with Crippen molar-refractivity contribution in [2.45, 2.75) is 17.5 Å². The maximum atomic E-state index is 13.2. The van der Waals surface area contributed by atoms with Crippen molar-refractivity contribution in [1.82, 2.24) is 9.29 Å². The average Bonchev–Trinajstić information content (AvgIpc) is 3.55. The van der Waals surface area contributed by atoms with Crippen molar-refractivity contribution in [3.8, 4) is 5.75 Å². The lowest BCUT2D eigenvalue weighted by atomic mass is 10.1. The number of carbonyl (C=O) groups is 1. The van der Waals surface area contributed by atoms with Crippen LogP contribution >= 0.6 is 23.3 Å². The van der Waals surface area contributed by atoms with Gasteiger partial charge < -0.3 is 20.3 Å². The average molecular weight is 550 g/mol. The fourth-order valence-corrected chi connectivity index (χ4v) is 6.21. The van der Waals surface area contributed by atoms with E-state index >= 15 is 0 Å². The van der Waals surface area contributed by atoms with Crippen molar-refractivity contribution in [2.24, 2.45) is 5.73 Å². The Kier molecular flexibility index (Phi) is 7.61. The number of hydrogen-bond donors (Lipinski definition) is 1. The third kappa shape index (κ3) is 5.87. The zero-order chi connectivity index (χ0) is 26.0. The van der Waals surface area contributed by atoms with E-state index < -0.39 is 11.9 Å². The minimum absolute atomic E-state index is 0.0654. The molecular formula is C25H26F3N5O2S2. The van der Waals surface area contributed by atoms with Crippen molar-refractivity contribution >= 4 is 40.0 Å². The predicted molar refractivity (Wildman–Crippen MR) is 140 cm³/mol. The fourth-order valence-electron chi connectivity index (χ4n) is 4.36. The van der Waals surface area contributed by atoms with Gasteiger partial charge in [-0.25, -0.2) is 9.29 Å². The van der Waals surface area contributed by atoms with E-state index in [0.29, 0.717) is 62.3 Å². The number of nitrogens with two attached hydrogens (primary N) is 1. The molecule has 2 aliphatic rings. The third-order valence-electron chi connectivity index (χ3n) is 6.19. The molecule has 2 aliphatic heterocycles. The molecule has 0 spiro atoms. The summed E-state index contributed by atoms with van der Waals surface area (Å²) in [5.74, 6) is 0.558. The van der Waals surface area contributed by atoms with Crippen LogP contribution in [0.1, 0.15) is 21.6 Å². The minimum Gasteiger partial charge on any atom is -0.492 e. The van der Waals surface area contributed by atoms with Gasteiger partial charge in [0.2, 0.25) is 0 Å². The van der Waals surface area contributed by atoms with E-state index in [1.54, 1.807) is 35.0 Å². The SMILES string of the molecule is NCCOc1cccc(C(=O)N2CCc3cc(SN4CCN(c5nc(C(F)(F)F)cs5)CC4)ccc32)c1. The summed E-state index contributed by atoms with van der Waals surface area (Å²) in [6.45, 7) is 4.04. The van der Waals surface area contributed by atoms with Crippen molar-refractivity contribution in [2.75, 3.05) is 55.7 Å². The summed E-state index contributed by atoms with van der Waals surface area (Å²) >= 11 is 2.66. The van der Waals surface area contributed by atoms with Crippen molar-refractivity contribution in [3.63, 3.8) is 0 Å². The number of anilines is 2. The van der Waals surface area contributed by atoms with Crippen LogP contribution in [0.5, 0.6) is 5.75 Å². The van der Waals surface area contributed by atoms with E-state index in [0.717, 1.165) is 39.3 Å². The van der Waals surface area contributed by atoms with E-state index in [2.05, 4.69) is 15.4 Å². The largest absolute Gasteiger partial charge is 0.492 e. The predicted octanol–water partition coefficient (Wildman–Crippen LogP) is 4.53. The van der Waals surface area contributed by atoms with Gasteiger partial charge in [0, 0.05) is 60.8 Å². The molecule has 0 bridgehead atoms. The number of thiazole rings is 1. The number of halogens is 3. The topological polar surface area (TPSA) is 74.9 Å². The number of rotatable bonds is 7. The van der Waals surface area contributed by atoms with E-state index in [1.807, 2.05) is 23.1 Å². The number of benzene rings is 2. The Morgan fingerprint density at radius 2 is 1.92 bits per heavy atom. The highest BCUT2D eigenvalue weighted by Crippen LogP contribution is 2.36. The first-order valence-corrected chi connectivity index (χ1v) is 13.6. The normalized spacial score (nSPS) is 16.2. The van der Waals surface area contributed by atoms with Gasteiger partial charge in [-0.3, -0.25) is 4.79 Å². The molecule has 2 aromatic carbocycles. The number of hydrogen-bond acceptors (Lipinski definition) is 8. The van der Waals surface area contributed by atoms with Gasteiger partial charge in [0.1, 0.15) is 12.4 Å². The maximum Gasteiger partial charge on any atom is 0.434 e. The quantitative estimate of drug-likeness (QED) is 0.434. The molecule has 0 radical (unpaired) electrons. The molecule has 1 amide bonds. The zero-order valence-electron chi connectivity index (χ0n) is 19.9. The zero-order valence-corrected chi connectivity index (χ0v) is 21.5. The first-order chi connectivity index (χ1) is 17.8. The van der Waals surface area contributed by atoms with Gasteiger partial charge in [-0.15, -0.1) is 11.3 Å². The smallest absolute Gasteiger partial charge is 0.434 e. The van der Waals surface area contributed by atoms with Crippen molar-refractivity contribution < 1.29 is 22.7 Å². The standard InChI is InChI=1S/C25H26F3N5O2S2/c26-25(27,28)22-16-36-24(30-22)31-9-11-32(12-10-31)37-20-4-5-21-17(15-20)6-8-33(21)23(34)18-2-1-3-19(14-18)35-13-7-29/h1-5,14-16H,6-13,29H2. The molecule has 1 saturated heterocycles. The molecule has 0 unspecified atom stereocenters. The molecule has 1 fully saturated rings. The summed E-state index contributed by atoms with van der Waals surface area (Å²) < 4.78 is 46.4. The Balaban J connectivity index is 1.19. The first kappa shape index (κ1) is 25.8. The number of amides is 1. The Hall–Kier alpha value is -2.80. The summed E-state index contributed by atoms with van der Waals surface area (Å²) in [5, 5.41) is 1.48. The first-order valence-electron chi connectivity index (χ1n) is 11.9. The van der Waals surface area contributed by atoms with E-state index in [-0.39, 0.29) is 5.91 Å². The highest BCUT2D eigenvalue weighted by atomic mass is 32.2. The second-order valence-electron chi connectivity index (χ2n) is 8.68. The van der Waals surface area contributed by atoms with Gasteiger partial charge >= 0.3 is 6.18 Å². The van der Waals surface area contributed by atoms with Crippen LogP contribution in [0.15, 0.2) is 52.7 Å². The number of ether oxygens (including phenoxy) is 1. The molecule has 12 heteroatoms. The fraction of sp³-hybridized carbons (Fsp3) is 0.360. The summed E-state index contributed by atoms with van der Waals surface area (Å²) in [6, 6.07) is 13.3. The van der Waals surface area contributed by atoms with Gasteiger partial charge in [0.25, 0.3) is 5.91 Å². The number of nitrogens with zero attached hydrogens (tertiary/aromatic N) is 4. The summed E-state index contributed by atoms with van der Waals surface area (Å²) in [4.78, 5) is 21.7. The van der Waals surface area contributed by atoms with Gasteiger partial charge in [-0.2, -0.15) is 13.2 Å². The lowest BCUT2D eigenvalue weighted by Gasteiger charge is -2.33. The Morgan fingerprint density at radius 3 is 2.65 bits per heavy atom. The molecule has 0 aliphatic carbocycles. The number of carbonyl (C=O) groups excluding carboxylic acids is 1. The number of piperazine rings is 1. The second kappa shape index (κ2) is 10.9. The van der Waals surface area contributed by atoms with Crippen LogP contribution in [0.3, 0.4) is 0 Å². The van der Waals surface area contributed by atoms with Crippen LogP contribution < -0.4 is 20.3 Å². The van der Waals surface area contributed by atoms with Crippen LogP contribution in [-0.4, -0.2) is 61.1 Å². The molecule has 5 rings (SSSR count). The molecule has 3 aromatic rings. The highest BCUT2D eigenvalue weighted by Gasteiger charge is 2.34. The lowest BCUT2D eigenvalue weighted by molar-refractivity contribution is -0.140. The Bertz CT molecular complexity index is 1260. The highest BCUT2D eigenvalue weighted by molar-refractivity contribution is 7.97. The molecule has 196 valence electrons. The maximum absolute atomic E-state index is 13.2. The molecule has 0 saturated carbocycles. The summed E-state index contributed by atoms with van der Waals surface area (Å²) in [5.41, 5.74) is 7.27. The van der Waals surface area contributed by atoms with Crippen LogP contribution in [-0.2, 0) is 12.6 Å². The molecule has 0 atom stereocenters. The van der Waals surface area contributed by atoms with E-state index in [4.69, 9.17) is 10.5 Å². The van der Waals surface area contributed by atoms with Gasteiger partial charge in [0.05, 0.1) is 0 Å².